The topological polar surface area (TPSA) is 76.0 Å². The number of para-hydroxylation sites is 1. The van der Waals surface area contributed by atoms with Crippen LogP contribution in [0.25, 0.3) is 11.1 Å². The van der Waals surface area contributed by atoms with Gasteiger partial charge in [-0.1, -0.05) is 24.3 Å². The molecule has 1 aliphatic heterocycles. The zero-order valence-corrected chi connectivity index (χ0v) is 15.7. The van der Waals surface area contributed by atoms with Crippen molar-refractivity contribution in [2.75, 3.05) is 7.11 Å². The Hall–Kier alpha value is -3.47. The third-order valence-corrected chi connectivity index (χ3v) is 6.49. The van der Waals surface area contributed by atoms with E-state index in [2.05, 4.69) is 0 Å². The van der Waals surface area contributed by atoms with Gasteiger partial charge in [0, 0.05) is 35.4 Å². The smallest absolute Gasteiger partial charge is 0.167 e. The maximum absolute atomic E-state index is 13.1. The summed E-state index contributed by atoms with van der Waals surface area (Å²) in [6.07, 6.45) is -0.0509. The summed E-state index contributed by atoms with van der Waals surface area (Å²) in [7, 11) is 1.55. The van der Waals surface area contributed by atoms with E-state index in [1.54, 1.807) is 19.2 Å². The van der Waals surface area contributed by atoms with E-state index in [1.165, 1.54) is 6.07 Å². The third-order valence-electron chi connectivity index (χ3n) is 6.49. The maximum atomic E-state index is 13.1. The van der Waals surface area contributed by atoms with Crippen LogP contribution in [0.15, 0.2) is 48.5 Å². The van der Waals surface area contributed by atoms with E-state index in [-0.39, 0.29) is 35.2 Å². The van der Waals surface area contributed by atoms with Gasteiger partial charge in [-0.05, 0) is 34.9 Å². The number of carbonyl (C=O) groups excluding carboxylic acids is 1. The van der Waals surface area contributed by atoms with Crippen LogP contribution in [0.4, 0.5) is 0 Å². The van der Waals surface area contributed by atoms with Crippen LogP contribution >= 0.6 is 0 Å². The predicted octanol–water partition coefficient (Wildman–Crippen LogP) is 4.67. The highest BCUT2D eigenvalue weighted by molar-refractivity contribution is 6.06. The van der Waals surface area contributed by atoms with Crippen molar-refractivity contribution in [3.8, 4) is 34.1 Å². The number of ketones is 1. The largest absolute Gasteiger partial charge is 0.508 e. The molecule has 0 saturated heterocycles. The monoisotopic (exact) mass is 386 g/mol. The molecule has 5 nitrogen and oxygen atoms in total. The van der Waals surface area contributed by atoms with Gasteiger partial charge in [-0.3, -0.25) is 4.79 Å². The molecule has 0 bridgehead atoms. The number of hydrogen-bond donors (Lipinski definition) is 2. The lowest BCUT2D eigenvalue weighted by Crippen LogP contribution is -2.36. The predicted molar refractivity (Wildman–Crippen MR) is 106 cm³/mol. The number of Topliss-reactive ketones (excluding diaryl/α,β-unsaturated/α-hetero) is 1. The second-order valence-electron chi connectivity index (χ2n) is 7.87. The lowest BCUT2D eigenvalue weighted by molar-refractivity contribution is 0.0868. The average molecular weight is 386 g/mol. The fraction of sp³-hybridized carbons (Fsp3) is 0.208. The van der Waals surface area contributed by atoms with Gasteiger partial charge in [0.2, 0.25) is 0 Å². The van der Waals surface area contributed by atoms with Gasteiger partial charge in [-0.2, -0.15) is 0 Å². The number of phenolic OH excluding ortho intramolecular Hbond substituents is 2. The van der Waals surface area contributed by atoms with Gasteiger partial charge in [0.05, 0.1) is 12.7 Å². The lowest BCUT2D eigenvalue weighted by atomic mass is 9.61. The Bertz CT molecular complexity index is 1210. The van der Waals surface area contributed by atoms with Crippen molar-refractivity contribution in [3.05, 3.63) is 70.8 Å². The van der Waals surface area contributed by atoms with Crippen LogP contribution < -0.4 is 9.47 Å². The van der Waals surface area contributed by atoms with E-state index < -0.39 is 0 Å². The molecule has 29 heavy (non-hydrogen) atoms. The zero-order valence-electron chi connectivity index (χ0n) is 15.7. The van der Waals surface area contributed by atoms with E-state index >= 15 is 0 Å². The first-order valence-corrected chi connectivity index (χ1v) is 9.64. The van der Waals surface area contributed by atoms with Crippen molar-refractivity contribution < 1.29 is 24.5 Å². The van der Waals surface area contributed by atoms with Crippen LogP contribution in [0.2, 0.25) is 0 Å². The van der Waals surface area contributed by atoms with Gasteiger partial charge in [-0.25, -0.2) is 0 Å². The number of carbonyl (C=O) groups is 1. The Labute approximate surface area is 167 Å². The van der Waals surface area contributed by atoms with Crippen LogP contribution in [0, 0.1) is 0 Å². The quantitative estimate of drug-likeness (QED) is 0.635. The van der Waals surface area contributed by atoms with Crippen LogP contribution in [-0.2, 0) is 0 Å². The highest BCUT2D eigenvalue weighted by Gasteiger charge is 2.51. The Morgan fingerprint density at radius 2 is 1.86 bits per heavy atom. The highest BCUT2D eigenvalue weighted by atomic mass is 16.5. The summed E-state index contributed by atoms with van der Waals surface area (Å²) in [6.45, 7) is 0. The third kappa shape index (κ3) is 2.02. The number of benzene rings is 3. The van der Waals surface area contributed by atoms with Crippen LogP contribution in [0.3, 0.4) is 0 Å². The molecule has 1 heterocycles. The summed E-state index contributed by atoms with van der Waals surface area (Å²) in [6, 6.07) is 14.5. The molecule has 3 atom stereocenters. The second-order valence-corrected chi connectivity index (χ2v) is 7.87. The Balaban J connectivity index is 1.76. The number of aromatic hydroxyl groups is 2. The molecule has 0 radical (unpaired) electrons. The first-order chi connectivity index (χ1) is 14.1. The lowest BCUT2D eigenvalue weighted by Gasteiger charge is -2.47. The van der Waals surface area contributed by atoms with E-state index in [0.29, 0.717) is 17.7 Å². The molecule has 0 spiro atoms. The molecule has 0 saturated carbocycles. The molecule has 2 N–H and O–H groups in total. The second kappa shape index (κ2) is 5.54. The number of hydrogen-bond acceptors (Lipinski definition) is 5. The zero-order chi connectivity index (χ0) is 19.9. The van der Waals surface area contributed by atoms with Gasteiger partial charge in [0.25, 0.3) is 0 Å². The van der Waals surface area contributed by atoms with Crippen molar-refractivity contribution in [2.24, 2.45) is 0 Å². The molecular formula is C24H18O5. The van der Waals surface area contributed by atoms with Gasteiger partial charge in [0.15, 0.2) is 5.78 Å². The van der Waals surface area contributed by atoms with Gasteiger partial charge in [-0.15, -0.1) is 0 Å². The van der Waals surface area contributed by atoms with E-state index in [1.807, 2.05) is 30.3 Å². The first kappa shape index (κ1) is 16.5. The molecule has 3 aromatic carbocycles. The Kier molecular flexibility index (Phi) is 3.15. The minimum Gasteiger partial charge on any atom is -0.508 e. The van der Waals surface area contributed by atoms with E-state index in [4.69, 9.17) is 9.47 Å². The number of fused-ring (bicyclic) bond motifs is 5. The minimum absolute atomic E-state index is 0.0520. The Morgan fingerprint density at radius 1 is 1.03 bits per heavy atom. The van der Waals surface area contributed by atoms with Gasteiger partial charge >= 0.3 is 0 Å². The number of methoxy groups -OCH3 is 1. The standard InChI is InChI=1S/C24H18O5/c1-28-19-10-17(27)22-16(26)9-14-12-4-2-3-5-18(12)29-24-15-8-11(25)6-7-13(15)20(19)23(22)21(14)24/h2-8,10,14,21,24-25,27H,9H2,1H3/t14-,21+,24+/m1/s1. The van der Waals surface area contributed by atoms with Crippen molar-refractivity contribution in [3.63, 3.8) is 0 Å². The molecule has 5 heteroatoms. The highest BCUT2D eigenvalue weighted by Crippen LogP contribution is 2.63. The average Bonchev–Trinajstić information content (AvgIpc) is 2.72. The van der Waals surface area contributed by atoms with E-state index in [0.717, 1.165) is 33.6 Å². The molecule has 0 amide bonds. The SMILES string of the molecule is COc1cc(O)c2c3c1-c1ccc(O)cc1[C@@H]1Oc4ccccc4[C@@H](CC2=O)[C@@H]31. The molecule has 3 aromatic rings. The minimum atomic E-state index is -0.358. The fourth-order valence-corrected chi connectivity index (χ4v) is 5.40. The summed E-state index contributed by atoms with van der Waals surface area (Å²) in [5, 5.41) is 20.9. The molecule has 2 aliphatic carbocycles. The molecule has 3 aliphatic rings. The number of ether oxygens (including phenoxy) is 2. The van der Waals surface area contributed by atoms with Crippen LogP contribution in [0.1, 0.15) is 51.4 Å². The van der Waals surface area contributed by atoms with E-state index in [9.17, 15) is 15.0 Å². The molecule has 0 fully saturated rings. The molecule has 144 valence electrons. The van der Waals surface area contributed by atoms with Gasteiger partial charge < -0.3 is 19.7 Å². The number of phenols is 2. The normalized spacial score (nSPS) is 22.8. The van der Waals surface area contributed by atoms with Crippen molar-refractivity contribution in [1.29, 1.82) is 0 Å². The molecule has 6 rings (SSSR count). The Morgan fingerprint density at radius 3 is 2.69 bits per heavy atom. The van der Waals surface area contributed by atoms with Crippen LogP contribution in [-0.4, -0.2) is 23.1 Å². The summed E-state index contributed by atoms with van der Waals surface area (Å²) in [4.78, 5) is 13.1. The first-order valence-electron chi connectivity index (χ1n) is 9.64. The molecule has 0 aromatic heterocycles. The summed E-state index contributed by atoms with van der Waals surface area (Å²) >= 11 is 0. The molecule has 0 unspecified atom stereocenters. The van der Waals surface area contributed by atoms with Crippen LogP contribution in [0.5, 0.6) is 23.0 Å². The van der Waals surface area contributed by atoms with Gasteiger partial charge in [0.1, 0.15) is 29.1 Å². The maximum Gasteiger partial charge on any atom is 0.167 e. The van der Waals surface area contributed by atoms with Crippen molar-refractivity contribution in [2.45, 2.75) is 24.4 Å². The van der Waals surface area contributed by atoms with Crippen molar-refractivity contribution in [1.82, 2.24) is 0 Å². The fourth-order valence-electron chi connectivity index (χ4n) is 5.40. The molecular weight excluding hydrogens is 368 g/mol. The summed E-state index contributed by atoms with van der Waals surface area (Å²) in [5.74, 6) is 1.10. The summed E-state index contributed by atoms with van der Waals surface area (Å²) in [5.41, 5.74) is 4.69. The van der Waals surface area contributed by atoms with Crippen molar-refractivity contribution >= 4 is 5.78 Å². The summed E-state index contributed by atoms with van der Waals surface area (Å²) < 4.78 is 12.0. The number of rotatable bonds is 1.